The van der Waals surface area contributed by atoms with Gasteiger partial charge in [0.1, 0.15) is 23.8 Å². The Labute approximate surface area is 124 Å². The van der Waals surface area contributed by atoms with Gasteiger partial charge in [-0.3, -0.25) is 4.90 Å². The molecular formula is C14H21N7. The van der Waals surface area contributed by atoms with Crippen LogP contribution < -0.4 is 10.2 Å². The van der Waals surface area contributed by atoms with Crippen LogP contribution in [0, 0.1) is 0 Å². The molecule has 7 nitrogen and oxygen atoms in total. The summed E-state index contributed by atoms with van der Waals surface area (Å²) in [5, 5.41) is 3.31. The van der Waals surface area contributed by atoms with Crippen LogP contribution in [-0.4, -0.2) is 52.1 Å². The van der Waals surface area contributed by atoms with Gasteiger partial charge in [-0.15, -0.1) is 0 Å². The van der Waals surface area contributed by atoms with Gasteiger partial charge >= 0.3 is 0 Å². The molecule has 1 N–H and O–H groups in total. The maximum Gasteiger partial charge on any atom is 0.133 e. The van der Waals surface area contributed by atoms with Crippen LogP contribution in [0.1, 0.15) is 11.5 Å². The maximum absolute atomic E-state index is 4.68. The van der Waals surface area contributed by atoms with Crippen molar-refractivity contribution in [2.45, 2.75) is 19.6 Å². The Morgan fingerprint density at radius 2 is 2.14 bits per heavy atom. The summed E-state index contributed by atoms with van der Waals surface area (Å²) in [4.78, 5) is 17.4. The lowest BCUT2D eigenvalue weighted by Gasteiger charge is -2.22. The lowest BCUT2D eigenvalue weighted by Crippen LogP contribution is -2.30. The summed E-state index contributed by atoms with van der Waals surface area (Å²) in [6.07, 6.45) is 3.70. The van der Waals surface area contributed by atoms with E-state index in [-0.39, 0.29) is 0 Å². The van der Waals surface area contributed by atoms with Crippen LogP contribution in [0.3, 0.4) is 0 Å². The third kappa shape index (κ3) is 3.13. The minimum Gasteiger partial charge on any atom is -0.364 e. The van der Waals surface area contributed by atoms with Crippen molar-refractivity contribution in [2.24, 2.45) is 0 Å². The molecule has 2 aromatic heterocycles. The number of fused-ring (bicyclic) bond motifs is 1. The molecule has 21 heavy (non-hydrogen) atoms. The van der Waals surface area contributed by atoms with Crippen molar-refractivity contribution >= 4 is 11.6 Å². The highest BCUT2D eigenvalue weighted by atomic mass is 15.2. The Morgan fingerprint density at radius 3 is 2.95 bits per heavy atom. The normalized spacial score (nSPS) is 14.8. The predicted molar refractivity (Wildman–Crippen MR) is 82.2 cm³/mol. The largest absolute Gasteiger partial charge is 0.364 e. The molecule has 7 heteroatoms. The summed E-state index contributed by atoms with van der Waals surface area (Å²) >= 11 is 0. The lowest BCUT2D eigenvalue weighted by atomic mass is 10.4. The highest BCUT2D eigenvalue weighted by Gasteiger charge is 2.15. The number of hydrogen-bond acceptors (Lipinski definition) is 6. The maximum atomic E-state index is 4.68. The monoisotopic (exact) mass is 287 g/mol. The van der Waals surface area contributed by atoms with E-state index >= 15 is 0 Å². The molecule has 1 aliphatic rings. The first kappa shape index (κ1) is 13.8. The standard InChI is InChI=1S/C14H21N7/c1-19(2)13-6-12(16-10-17-13)15-7-11-8-21-5-4-20(3)9-14(21)18-11/h6,8,10H,4-5,7,9H2,1-3H3,(H,15,16,17). The van der Waals surface area contributed by atoms with Gasteiger partial charge in [0.25, 0.3) is 0 Å². The minimum atomic E-state index is 0.674. The lowest BCUT2D eigenvalue weighted by molar-refractivity contribution is 0.264. The zero-order valence-corrected chi connectivity index (χ0v) is 12.7. The van der Waals surface area contributed by atoms with E-state index < -0.39 is 0 Å². The van der Waals surface area contributed by atoms with Gasteiger partial charge in [0.05, 0.1) is 18.8 Å². The second-order valence-electron chi connectivity index (χ2n) is 5.59. The molecule has 0 saturated carbocycles. The van der Waals surface area contributed by atoms with Crippen molar-refractivity contribution in [1.29, 1.82) is 0 Å². The predicted octanol–water partition coefficient (Wildman–Crippen LogP) is 0.797. The number of anilines is 2. The number of likely N-dealkylation sites (N-methyl/N-ethyl adjacent to an activating group) is 1. The Bertz CT molecular complexity index is 620. The Morgan fingerprint density at radius 1 is 1.29 bits per heavy atom. The molecule has 0 spiro atoms. The molecular weight excluding hydrogens is 266 g/mol. The molecule has 0 bridgehead atoms. The number of rotatable bonds is 4. The molecule has 0 radical (unpaired) electrons. The average molecular weight is 287 g/mol. The van der Waals surface area contributed by atoms with Gasteiger partial charge in [0.15, 0.2) is 0 Å². The zero-order valence-electron chi connectivity index (χ0n) is 12.7. The average Bonchev–Trinajstić information content (AvgIpc) is 2.87. The van der Waals surface area contributed by atoms with E-state index in [1.54, 1.807) is 6.33 Å². The van der Waals surface area contributed by atoms with E-state index in [1.807, 2.05) is 25.1 Å². The molecule has 3 heterocycles. The summed E-state index contributed by atoms with van der Waals surface area (Å²) in [5.74, 6) is 2.84. The molecule has 0 aliphatic carbocycles. The third-order valence-corrected chi connectivity index (χ3v) is 3.60. The van der Waals surface area contributed by atoms with Crippen LogP contribution >= 0.6 is 0 Å². The molecule has 1 aliphatic heterocycles. The molecule has 3 rings (SSSR count). The molecule has 0 amide bonds. The fraction of sp³-hybridized carbons (Fsp3) is 0.500. The van der Waals surface area contributed by atoms with Crippen LogP contribution in [0.15, 0.2) is 18.6 Å². The van der Waals surface area contributed by atoms with Crippen molar-refractivity contribution in [3.63, 3.8) is 0 Å². The summed E-state index contributed by atoms with van der Waals surface area (Å²) in [5.41, 5.74) is 1.05. The quantitative estimate of drug-likeness (QED) is 0.897. The molecule has 0 fully saturated rings. The molecule has 0 aromatic carbocycles. The van der Waals surface area contributed by atoms with Crippen molar-refractivity contribution in [3.8, 4) is 0 Å². The second kappa shape index (κ2) is 5.69. The van der Waals surface area contributed by atoms with E-state index in [2.05, 4.69) is 43.0 Å². The van der Waals surface area contributed by atoms with Gasteiger partial charge in [-0.05, 0) is 7.05 Å². The van der Waals surface area contributed by atoms with E-state index in [4.69, 9.17) is 0 Å². The third-order valence-electron chi connectivity index (χ3n) is 3.60. The van der Waals surface area contributed by atoms with E-state index in [0.29, 0.717) is 6.54 Å². The summed E-state index contributed by atoms with van der Waals surface area (Å²) in [6.45, 7) is 3.68. The van der Waals surface area contributed by atoms with E-state index in [0.717, 1.165) is 42.8 Å². The first-order chi connectivity index (χ1) is 10.1. The van der Waals surface area contributed by atoms with E-state index in [1.165, 1.54) is 0 Å². The van der Waals surface area contributed by atoms with Crippen molar-refractivity contribution < 1.29 is 0 Å². The van der Waals surface area contributed by atoms with Crippen LogP contribution in [-0.2, 0) is 19.6 Å². The van der Waals surface area contributed by atoms with Crippen LogP contribution in [0.2, 0.25) is 0 Å². The number of aromatic nitrogens is 4. The SMILES string of the molecule is CN1CCn2cc(CNc3cc(N(C)C)ncn3)nc2C1. The number of hydrogen-bond donors (Lipinski definition) is 1. The van der Waals surface area contributed by atoms with Crippen molar-refractivity contribution in [1.82, 2.24) is 24.4 Å². The van der Waals surface area contributed by atoms with Crippen molar-refractivity contribution in [2.75, 3.05) is 37.9 Å². The number of nitrogens with zero attached hydrogens (tertiary/aromatic N) is 6. The summed E-state index contributed by atoms with van der Waals surface area (Å²) in [6, 6.07) is 1.93. The van der Waals surface area contributed by atoms with Crippen LogP contribution in [0.5, 0.6) is 0 Å². The Balaban J connectivity index is 1.67. The highest BCUT2D eigenvalue weighted by molar-refractivity contribution is 5.47. The Kier molecular flexibility index (Phi) is 3.74. The highest BCUT2D eigenvalue weighted by Crippen LogP contribution is 2.14. The summed E-state index contributed by atoms with van der Waals surface area (Å²) in [7, 11) is 6.05. The topological polar surface area (TPSA) is 62.1 Å². The minimum absolute atomic E-state index is 0.674. The molecule has 2 aromatic rings. The second-order valence-corrected chi connectivity index (χ2v) is 5.59. The van der Waals surface area contributed by atoms with Gasteiger partial charge in [-0.1, -0.05) is 0 Å². The molecule has 0 atom stereocenters. The first-order valence-corrected chi connectivity index (χ1v) is 7.08. The Hall–Kier alpha value is -2.15. The van der Waals surface area contributed by atoms with Gasteiger partial charge in [-0.25, -0.2) is 15.0 Å². The summed E-state index contributed by atoms with van der Waals surface area (Å²) < 4.78 is 2.24. The number of imidazole rings is 1. The van der Waals surface area contributed by atoms with Gasteiger partial charge in [0, 0.05) is 39.4 Å². The van der Waals surface area contributed by atoms with E-state index in [9.17, 15) is 0 Å². The smallest absolute Gasteiger partial charge is 0.133 e. The zero-order chi connectivity index (χ0) is 14.8. The molecule has 112 valence electrons. The van der Waals surface area contributed by atoms with Crippen LogP contribution in [0.4, 0.5) is 11.6 Å². The van der Waals surface area contributed by atoms with Gasteiger partial charge in [0.2, 0.25) is 0 Å². The molecule has 0 saturated heterocycles. The van der Waals surface area contributed by atoms with Gasteiger partial charge < -0.3 is 14.8 Å². The van der Waals surface area contributed by atoms with Crippen LogP contribution in [0.25, 0.3) is 0 Å². The van der Waals surface area contributed by atoms with Gasteiger partial charge in [-0.2, -0.15) is 0 Å². The first-order valence-electron chi connectivity index (χ1n) is 7.08. The fourth-order valence-corrected chi connectivity index (χ4v) is 2.39. The number of nitrogens with one attached hydrogen (secondary N) is 1. The fourth-order valence-electron chi connectivity index (χ4n) is 2.39. The van der Waals surface area contributed by atoms with Crippen molar-refractivity contribution in [3.05, 3.63) is 30.1 Å². The molecule has 0 unspecified atom stereocenters.